The van der Waals surface area contributed by atoms with Gasteiger partial charge in [0.05, 0.1) is 6.54 Å². The Morgan fingerprint density at radius 3 is 2.71 bits per heavy atom. The summed E-state index contributed by atoms with van der Waals surface area (Å²) in [7, 11) is 0. The average molecular weight is 292 g/mol. The highest BCUT2D eigenvalue weighted by Crippen LogP contribution is 2.18. The maximum absolute atomic E-state index is 11.3. The zero-order valence-electron chi connectivity index (χ0n) is 13.6. The van der Waals surface area contributed by atoms with Crippen LogP contribution in [0.2, 0.25) is 0 Å². The van der Waals surface area contributed by atoms with E-state index in [1.807, 2.05) is 17.0 Å². The standard InChI is InChI=1S/C16H28N4O/c1-5-6-10-20(12-14(17)21)15-13(8-7-9-18-15)11-19-16(2,3)4/h7-9,19H,5-6,10-12H2,1-4H3,(H2,17,21). The lowest BCUT2D eigenvalue weighted by atomic mass is 10.1. The molecule has 0 spiro atoms. The van der Waals surface area contributed by atoms with Gasteiger partial charge in [-0.25, -0.2) is 4.98 Å². The van der Waals surface area contributed by atoms with E-state index in [1.54, 1.807) is 6.20 Å². The zero-order chi connectivity index (χ0) is 15.9. The Kier molecular flexibility index (Phi) is 6.62. The van der Waals surface area contributed by atoms with E-state index < -0.39 is 0 Å². The maximum Gasteiger partial charge on any atom is 0.236 e. The number of pyridine rings is 1. The Morgan fingerprint density at radius 1 is 1.43 bits per heavy atom. The Labute approximate surface area is 127 Å². The summed E-state index contributed by atoms with van der Waals surface area (Å²) >= 11 is 0. The van der Waals surface area contributed by atoms with E-state index in [1.165, 1.54) is 0 Å². The number of amides is 1. The van der Waals surface area contributed by atoms with Crippen molar-refractivity contribution < 1.29 is 4.79 Å². The summed E-state index contributed by atoms with van der Waals surface area (Å²) in [4.78, 5) is 17.8. The molecule has 0 unspecified atom stereocenters. The number of hydrogen-bond acceptors (Lipinski definition) is 4. The lowest BCUT2D eigenvalue weighted by Crippen LogP contribution is -2.38. The zero-order valence-corrected chi connectivity index (χ0v) is 13.6. The van der Waals surface area contributed by atoms with Gasteiger partial charge in [0.1, 0.15) is 5.82 Å². The number of nitrogens with one attached hydrogen (secondary N) is 1. The molecule has 5 nitrogen and oxygen atoms in total. The number of carbonyl (C=O) groups excluding carboxylic acids is 1. The van der Waals surface area contributed by atoms with Crippen molar-refractivity contribution in [1.29, 1.82) is 0 Å². The van der Waals surface area contributed by atoms with Crippen LogP contribution in [-0.4, -0.2) is 29.5 Å². The fraction of sp³-hybridized carbons (Fsp3) is 0.625. The second-order valence-corrected chi connectivity index (χ2v) is 6.33. The molecule has 0 aromatic carbocycles. The van der Waals surface area contributed by atoms with Crippen molar-refractivity contribution in [3.8, 4) is 0 Å². The van der Waals surface area contributed by atoms with Crippen molar-refractivity contribution in [1.82, 2.24) is 10.3 Å². The summed E-state index contributed by atoms with van der Waals surface area (Å²) < 4.78 is 0. The van der Waals surface area contributed by atoms with E-state index >= 15 is 0 Å². The average Bonchev–Trinajstić information content (AvgIpc) is 2.40. The summed E-state index contributed by atoms with van der Waals surface area (Å²) in [5, 5.41) is 3.46. The molecule has 1 aromatic heterocycles. The van der Waals surface area contributed by atoms with Gasteiger partial charge in [0, 0.05) is 30.4 Å². The second kappa shape index (κ2) is 7.98. The van der Waals surface area contributed by atoms with Crippen molar-refractivity contribution in [3.05, 3.63) is 23.9 Å². The summed E-state index contributed by atoms with van der Waals surface area (Å²) in [5.41, 5.74) is 6.49. The van der Waals surface area contributed by atoms with Crippen molar-refractivity contribution in [2.24, 2.45) is 5.73 Å². The van der Waals surface area contributed by atoms with Crippen LogP contribution in [0.15, 0.2) is 18.3 Å². The summed E-state index contributed by atoms with van der Waals surface area (Å²) in [5.74, 6) is 0.521. The van der Waals surface area contributed by atoms with E-state index in [9.17, 15) is 4.79 Å². The number of primary amides is 1. The molecule has 0 bridgehead atoms. The molecule has 1 amide bonds. The molecule has 1 rings (SSSR count). The molecular weight excluding hydrogens is 264 g/mol. The summed E-state index contributed by atoms with van der Waals surface area (Å²) in [6, 6.07) is 3.96. The molecule has 0 radical (unpaired) electrons. The number of nitrogens with zero attached hydrogens (tertiary/aromatic N) is 2. The first-order chi connectivity index (χ1) is 9.83. The maximum atomic E-state index is 11.3. The minimum atomic E-state index is -0.327. The third kappa shape index (κ3) is 6.58. The van der Waals surface area contributed by atoms with Gasteiger partial charge in [0.15, 0.2) is 0 Å². The highest BCUT2D eigenvalue weighted by atomic mass is 16.1. The smallest absolute Gasteiger partial charge is 0.236 e. The Hall–Kier alpha value is -1.62. The third-order valence-corrected chi connectivity index (χ3v) is 3.10. The molecule has 0 aliphatic carbocycles. The van der Waals surface area contributed by atoms with E-state index in [2.05, 4.69) is 38.0 Å². The van der Waals surface area contributed by atoms with Crippen LogP contribution < -0.4 is 16.0 Å². The predicted molar refractivity (Wildman–Crippen MR) is 87.1 cm³/mol. The van der Waals surface area contributed by atoms with E-state index in [-0.39, 0.29) is 18.0 Å². The van der Waals surface area contributed by atoms with Crippen LogP contribution in [-0.2, 0) is 11.3 Å². The van der Waals surface area contributed by atoms with Gasteiger partial charge in [0.2, 0.25) is 5.91 Å². The molecule has 0 aliphatic rings. The van der Waals surface area contributed by atoms with Crippen LogP contribution in [0.1, 0.15) is 46.1 Å². The first-order valence-corrected chi connectivity index (χ1v) is 7.55. The molecule has 0 saturated carbocycles. The Balaban J connectivity index is 2.92. The topological polar surface area (TPSA) is 71.2 Å². The Bertz CT molecular complexity index is 454. The van der Waals surface area contributed by atoms with E-state index in [0.717, 1.165) is 30.8 Å². The monoisotopic (exact) mass is 292 g/mol. The first-order valence-electron chi connectivity index (χ1n) is 7.55. The molecule has 1 heterocycles. The molecule has 0 saturated heterocycles. The van der Waals surface area contributed by atoms with Crippen LogP contribution in [0, 0.1) is 0 Å². The van der Waals surface area contributed by atoms with Crippen molar-refractivity contribution in [2.45, 2.75) is 52.6 Å². The number of nitrogens with two attached hydrogens (primary N) is 1. The predicted octanol–water partition coefficient (Wildman–Crippen LogP) is 2.06. The molecule has 118 valence electrons. The number of carbonyl (C=O) groups is 1. The fourth-order valence-electron chi connectivity index (χ4n) is 2.01. The molecule has 5 heteroatoms. The SMILES string of the molecule is CCCCN(CC(N)=O)c1ncccc1CNC(C)(C)C. The largest absolute Gasteiger partial charge is 0.368 e. The molecular formula is C16H28N4O. The number of hydrogen-bond donors (Lipinski definition) is 2. The van der Waals surface area contributed by atoms with Crippen LogP contribution >= 0.6 is 0 Å². The molecule has 3 N–H and O–H groups in total. The minimum absolute atomic E-state index is 0.0328. The van der Waals surface area contributed by atoms with Crippen LogP contribution in [0.5, 0.6) is 0 Å². The van der Waals surface area contributed by atoms with Gasteiger partial charge in [-0.15, -0.1) is 0 Å². The van der Waals surface area contributed by atoms with Crippen molar-refractivity contribution in [2.75, 3.05) is 18.0 Å². The highest BCUT2D eigenvalue weighted by Gasteiger charge is 2.16. The van der Waals surface area contributed by atoms with Crippen molar-refractivity contribution >= 4 is 11.7 Å². The molecule has 0 aliphatic heterocycles. The van der Waals surface area contributed by atoms with Gasteiger partial charge in [-0.3, -0.25) is 4.79 Å². The fourth-order valence-corrected chi connectivity index (χ4v) is 2.01. The highest BCUT2D eigenvalue weighted by molar-refractivity contribution is 5.79. The molecule has 0 atom stereocenters. The van der Waals surface area contributed by atoms with Crippen LogP contribution in [0.25, 0.3) is 0 Å². The normalized spacial score (nSPS) is 11.4. The van der Waals surface area contributed by atoms with Gasteiger partial charge in [-0.1, -0.05) is 19.4 Å². The van der Waals surface area contributed by atoms with Gasteiger partial charge >= 0.3 is 0 Å². The number of rotatable bonds is 8. The van der Waals surface area contributed by atoms with E-state index in [4.69, 9.17) is 5.73 Å². The van der Waals surface area contributed by atoms with E-state index in [0.29, 0.717) is 6.54 Å². The molecule has 21 heavy (non-hydrogen) atoms. The molecule has 0 fully saturated rings. The van der Waals surface area contributed by atoms with Crippen LogP contribution in [0.3, 0.4) is 0 Å². The van der Waals surface area contributed by atoms with Gasteiger partial charge in [-0.2, -0.15) is 0 Å². The minimum Gasteiger partial charge on any atom is -0.368 e. The number of aromatic nitrogens is 1. The lowest BCUT2D eigenvalue weighted by molar-refractivity contribution is -0.116. The van der Waals surface area contributed by atoms with Gasteiger partial charge in [-0.05, 0) is 33.3 Å². The number of unbranched alkanes of at least 4 members (excludes halogenated alkanes) is 1. The third-order valence-electron chi connectivity index (χ3n) is 3.10. The summed E-state index contributed by atoms with van der Waals surface area (Å²) in [6.45, 7) is 10.2. The van der Waals surface area contributed by atoms with Gasteiger partial charge in [0.25, 0.3) is 0 Å². The quantitative estimate of drug-likeness (QED) is 0.769. The van der Waals surface area contributed by atoms with Crippen molar-refractivity contribution in [3.63, 3.8) is 0 Å². The van der Waals surface area contributed by atoms with Gasteiger partial charge < -0.3 is 16.0 Å². The first kappa shape index (κ1) is 17.4. The molecule has 1 aromatic rings. The lowest BCUT2D eigenvalue weighted by Gasteiger charge is -2.26. The summed E-state index contributed by atoms with van der Waals surface area (Å²) in [6.07, 6.45) is 3.84. The Morgan fingerprint density at radius 2 is 2.14 bits per heavy atom. The van der Waals surface area contributed by atoms with Crippen LogP contribution in [0.4, 0.5) is 5.82 Å². The number of anilines is 1. The second-order valence-electron chi connectivity index (χ2n) is 6.33.